The van der Waals surface area contributed by atoms with Gasteiger partial charge in [0, 0.05) is 16.6 Å². The second kappa shape index (κ2) is 9.67. The van der Waals surface area contributed by atoms with Crippen LogP contribution in [-0.4, -0.2) is 30.0 Å². The van der Waals surface area contributed by atoms with E-state index in [0.717, 1.165) is 12.0 Å². The Kier molecular flexibility index (Phi) is 7.30. The predicted molar refractivity (Wildman–Crippen MR) is 102 cm³/mol. The molecule has 0 aromatic heterocycles. The maximum atomic E-state index is 11.9. The molecule has 2 rings (SSSR count). The normalized spacial score (nSPS) is 10.1. The minimum Gasteiger partial charge on any atom is -0.482 e. The van der Waals surface area contributed by atoms with E-state index in [9.17, 15) is 19.7 Å². The van der Waals surface area contributed by atoms with Crippen LogP contribution < -0.4 is 10.1 Å². The number of hydrogen-bond donors (Lipinski definition) is 1. The smallest absolute Gasteiger partial charge is 0.344 e. The van der Waals surface area contributed by atoms with Crippen LogP contribution in [0.25, 0.3) is 0 Å². The van der Waals surface area contributed by atoms with E-state index in [1.165, 1.54) is 18.2 Å². The lowest BCUT2D eigenvalue weighted by Gasteiger charge is -2.10. The zero-order chi connectivity index (χ0) is 19.8. The number of nitrogens with zero attached hydrogens (tertiary/aromatic N) is 1. The van der Waals surface area contributed by atoms with Crippen molar-refractivity contribution in [3.05, 3.63) is 62.6 Å². The van der Waals surface area contributed by atoms with E-state index >= 15 is 0 Å². The number of ether oxygens (including phenoxy) is 2. The van der Waals surface area contributed by atoms with Gasteiger partial charge in [0.25, 0.3) is 11.6 Å². The highest BCUT2D eigenvalue weighted by molar-refractivity contribution is 9.10. The Morgan fingerprint density at radius 3 is 2.59 bits per heavy atom. The van der Waals surface area contributed by atoms with Crippen LogP contribution in [0.4, 0.5) is 11.4 Å². The zero-order valence-electron chi connectivity index (χ0n) is 14.4. The monoisotopic (exact) mass is 436 g/mol. The van der Waals surface area contributed by atoms with E-state index in [2.05, 4.69) is 21.2 Å². The molecule has 0 unspecified atom stereocenters. The van der Waals surface area contributed by atoms with Crippen molar-refractivity contribution in [3.63, 3.8) is 0 Å². The third kappa shape index (κ3) is 6.07. The fourth-order valence-corrected chi connectivity index (χ4v) is 2.63. The van der Waals surface area contributed by atoms with Gasteiger partial charge in [-0.3, -0.25) is 14.9 Å². The molecular weight excluding hydrogens is 420 g/mol. The molecule has 8 nitrogen and oxygen atoms in total. The summed E-state index contributed by atoms with van der Waals surface area (Å²) in [7, 11) is 0. The largest absolute Gasteiger partial charge is 0.482 e. The quantitative estimate of drug-likeness (QED) is 0.385. The highest BCUT2D eigenvalue weighted by Gasteiger charge is 2.13. The molecule has 1 N–H and O–H groups in total. The van der Waals surface area contributed by atoms with Crippen LogP contribution in [0.2, 0.25) is 0 Å². The molecule has 0 saturated heterocycles. The van der Waals surface area contributed by atoms with E-state index in [1.807, 2.05) is 19.1 Å². The fourth-order valence-electron chi connectivity index (χ4n) is 2.17. The van der Waals surface area contributed by atoms with Crippen molar-refractivity contribution in [1.29, 1.82) is 0 Å². The molecule has 0 bridgehead atoms. The number of nitro benzene ring substituents is 1. The molecule has 0 spiro atoms. The molecule has 27 heavy (non-hydrogen) atoms. The molecule has 0 saturated carbocycles. The van der Waals surface area contributed by atoms with Gasteiger partial charge in [-0.25, -0.2) is 4.79 Å². The van der Waals surface area contributed by atoms with Crippen LogP contribution in [0.1, 0.15) is 12.5 Å². The maximum absolute atomic E-state index is 11.9. The van der Waals surface area contributed by atoms with Gasteiger partial charge in [-0.15, -0.1) is 0 Å². The topological polar surface area (TPSA) is 108 Å². The van der Waals surface area contributed by atoms with Crippen molar-refractivity contribution in [1.82, 2.24) is 0 Å². The van der Waals surface area contributed by atoms with Crippen molar-refractivity contribution in [2.45, 2.75) is 13.3 Å². The molecular formula is C18H17BrN2O6. The van der Waals surface area contributed by atoms with Crippen LogP contribution in [0.3, 0.4) is 0 Å². The van der Waals surface area contributed by atoms with Crippen molar-refractivity contribution in [2.24, 2.45) is 0 Å². The second-order valence-electron chi connectivity index (χ2n) is 5.38. The number of nitro groups is 1. The number of non-ortho nitro benzene ring substituents is 1. The van der Waals surface area contributed by atoms with Gasteiger partial charge >= 0.3 is 5.97 Å². The summed E-state index contributed by atoms with van der Waals surface area (Å²) in [5.41, 5.74) is 1.18. The average Bonchev–Trinajstić information content (AvgIpc) is 2.66. The highest BCUT2D eigenvalue weighted by atomic mass is 79.9. The first kappa shape index (κ1) is 20.4. The van der Waals surface area contributed by atoms with Gasteiger partial charge in [0.05, 0.1) is 10.6 Å². The number of aryl methyl sites for hydroxylation is 1. The number of carbonyl (C=O) groups excluding carboxylic acids is 2. The standard InChI is InChI=1S/C18H17BrN2O6/c1-2-12-5-3-4-6-16(12)26-11-18(23)27-10-17(22)20-15-8-7-13(21(24)25)9-14(15)19/h3-9H,2,10-11H2,1H3,(H,20,22). The number of anilines is 1. The number of amides is 1. The molecule has 0 aliphatic rings. The van der Waals surface area contributed by atoms with E-state index in [1.54, 1.807) is 12.1 Å². The van der Waals surface area contributed by atoms with Crippen molar-refractivity contribution in [2.75, 3.05) is 18.5 Å². The summed E-state index contributed by atoms with van der Waals surface area (Å²) in [6.07, 6.45) is 0.762. The molecule has 2 aromatic rings. The first-order chi connectivity index (χ1) is 12.9. The van der Waals surface area contributed by atoms with E-state index in [0.29, 0.717) is 15.9 Å². The number of hydrogen-bond acceptors (Lipinski definition) is 6. The lowest BCUT2D eigenvalue weighted by atomic mass is 10.1. The van der Waals surface area contributed by atoms with Gasteiger partial charge in [-0.1, -0.05) is 25.1 Å². The number of benzene rings is 2. The van der Waals surface area contributed by atoms with Gasteiger partial charge in [0.2, 0.25) is 0 Å². The van der Waals surface area contributed by atoms with E-state index in [4.69, 9.17) is 9.47 Å². The van der Waals surface area contributed by atoms with Crippen LogP contribution in [-0.2, 0) is 20.7 Å². The zero-order valence-corrected chi connectivity index (χ0v) is 16.0. The summed E-state index contributed by atoms with van der Waals surface area (Å²) in [6, 6.07) is 11.2. The first-order valence-electron chi connectivity index (χ1n) is 8.00. The summed E-state index contributed by atoms with van der Waals surface area (Å²) in [4.78, 5) is 33.8. The number of para-hydroxylation sites is 1. The number of rotatable bonds is 8. The average molecular weight is 437 g/mol. The molecule has 9 heteroatoms. The fraction of sp³-hybridized carbons (Fsp3) is 0.222. The Labute approximate surface area is 163 Å². The Morgan fingerprint density at radius 2 is 1.93 bits per heavy atom. The Morgan fingerprint density at radius 1 is 1.19 bits per heavy atom. The summed E-state index contributed by atoms with van der Waals surface area (Å²) in [6.45, 7) is 1.16. The minimum atomic E-state index is -0.682. The third-order valence-corrected chi connectivity index (χ3v) is 4.16. The van der Waals surface area contributed by atoms with Crippen molar-refractivity contribution < 1.29 is 24.0 Å². The van der Waals surface area contributed by atoms with Gasteiger partial charge < -0.3 is 14.8 Å². The van der Waals surface area contributed by atoms with Crippen LogP contribution in [0.5, 0.6) is 5.75 Å². The summed E-state index contributed by atoms with van der Waals surface area (Å²) < 4.78 is 10.6. The molecule has 142 valence electrons. The maximum Gasteiger partial charge on any atom is 0.344 e. The van der Waals surface area contributed by atoms with Crippen molar-refractivity contribution in [3.8, 4) is 5.75 Å². The van der Waals surface area contributed by atoms with Crippen LogP contribution in [0.15, 0.2) is 46.9 Å². The molecule has 0 heterocycles. The van der Waals surface area contributed by atoms with Gasteiger partial charge in [0.15, 0.2) is 13.2 Å². The van der Waals surface area contributed by atoms with Crippen molar-refractivity contribution >= 4 is 39.2 Å². The van der Waals surface area contributed by atoms with E-state index < -0.39 is 23.4 Å². The van der Waals surface area contributed by atoms with Gasteiger partial charge in [-0.2, -0.15) is 0 Å². The predicted octanol–water partition coefficient (Wildman–Crippen LogP) is 3.48. The van der Waals surface area contributed by atoms with Gasteiger partial charge in [-0.05, 0) is 40.0 Å². The molecule has 0 aliphatic heterocycles. The summed E-state index contributed by atoms with van der Waals surface area (Å²) >= 11 is 3.14. The van der Waals surface area contributed by atoms with Crippen LogP contribution >= 0.6 is 15.9 Å². The van der Waals surface area contributed by atoms with E-state index in [-0.39, 0.29) is 12.3 Å². The molecule has 2 aromatic carbocycles. The second-order valence-corrected chi connectivity index (χ2v) is 6.23. The van der Waals surface area contributed by atoms with Crippen LogP contribution in [0, 0.1) is 10.1 Å². The number of halogens is 1. The lowest BCUT2D eigenvalue weighted by Crippen LogP contribution is -2.24. The Bertz CT molecular complexity index is 855. The minimum absolute atomic E-state index is 0.115. The molecule has 0 fully saturated rings. The Hall–Kier alpha value is -2.94. The molecule has 0 atom stereocenters. The highest BCUT2D eigenvalue weighted by Crippen LogP contribution is 2.27. The summed E-state index contributed by atoms with van der Waals surface area (Å²) in [5.74, 6) is -0.665. The number of esters is 1. The third-order valence-electron chi connectivity index (χ3n) is 3.50. The SMILES string of the molecule is CCc1ccccc1OCC(=O)OCC(=O)Nc1ccc([N+](=O)[O-])cc1Br. The first-order valence-corrected chi connectivity index (χ1v) is 8.80. The molecule has 0 aliphatic carbocycles. The lowest BCUT2D eigenvalue weighted by molar-refractivity contribution is -0.384. The number of carbonyl (C=O) groups is 2. The summed E-state index contributed by atoms with van der Waals surface area (Å²) in [5, 5.41) is 13.2. The number of nitrogens with one attached hydrogen (secondary N) is 1. The van der Waals surface area contributed by atoms with Gasteiger partial charge in [0.1, 0.15) is 5.75 Å². The molecule has 1 amide bonds. The Balaban J connectivity index is 1.81. The molecule has 0 radical (unpaired) electrons.